The van der Waals surface area contributed by atoms with Gasteiger partial charge in [-0.25, -0.2) is 9.97 Å². The van der Waals surface area contributed by atoms with Gasteiger partial charge in [0.2, 0.25) is 0 Å². The largest absolute Gasteiger partial charge is 0.507 e. The number of carbonyl (C=O) groups is 2. The lowest BCUT2D eigenvalue weighted by Gasteiger charge is -2.14. The number of hydrogen-bond donors (Lipinski definition) is 3. The second kappa shape index (κ2) is 10.4. The molecule has 8 nitrogen and oxygen atoms in total. The minimum atomic E-state index is -0.644. The first-order valence-corrected chi connectivity index (χ1v) is 10.9. The van der Waals surface area contributed by atoms with Crippen LogP contribution < -0.4 is 10.6 Å². The Labute approximate surface area is 196 Å². The highest BCUT2D eigenvalue weighted by atomic mass is 16.5. The van der Waals surface area contributed by atoms with Crippen molar-refractivity contribution in [2.75, 3.05) is 18.5 Å². The molecule has 34 heavy (non-hydrogen) atoms. The van der Waals surface area contributed by atoms with Crippen LogP contribution in [0.4, 0.5) is 5.82 Å². The van der Waals surface area contributed by atoms with Gasteiger partial charge in [0.15, 0.2) is 5.82 Å². The Morgan fingerprint density at radius 2 is 1.65 bits per heavy atom. The van der Waals surface area contributed by atoms with Gasteiger partial charge in [-0.2, -0.15) is 0 Å². The topological polar surface area (TPSA) is 113 Å². The van der Waals surface area contributed by atoms with Crippen LogP contribution in [0.3, 0.4) is 0 Å². The number of carbonyl (C=O) groups excluding carboxylic acids is 2. The predicted octanol–water partition coefficient (Wildman–Crippen LogP) is 3.91. The Hall–Kier alpha value is -4.46. The normalized spacial score (nSPS) is 10.6. The van der Waals surface area contributed by atoms with Gasteiger partial charge >= 0.3 is 5.97 Å². The monoisotopic (exact) mass is 456 g/mol. The molecule has 0 unspecified atom stereocenters. The summed E-state index contributed by atoms with van der Waals surface area (Å²) in [6.45, 7) is 2.10. The molecule has 0 spiro atoms. The fraction of sp³-hybridized carbons (Fsp3) is 0.154. The number of nitrogens with zero attached hydrogens (tertiary/aromatic N) is 2. The summed E-state index contributed by atoms with van der Waals surface area (Å²) in [5.74, 6) is -0.924. The molecule has 0 fully saturated rings. The predicted molar refractivity (Wildman–Crippen MR) is 129 cm³/mol. The van der Waals surface area contributed by atoms with Crippen molar-refractivity contribution in [1.82, 2.24) is 15.3 Å². The molecule has 3 aromatic carbocycles. The first-order valence-electron chi connectivity index (χ1n) is 10.9. The molecule has 1 heterocycles. The van der Waals surface area contributed by atoms with Crippen LogP contribution in [0.1, 0.15) is 22.8 Å². The van der Waals surface area contributed by atoms with Crippen molar-refractivity contribution in [1.29, 1.82) is 0 Å². The molecule has 8 heteroatoms. The number of nitrogens with one attached hydrogen (secondary N) is 2. The number of hydrogen-bond acceptors (Lipinski definition) is 7. The van der Waals surface area contributed by atoms with Crippen molar-refractivity contribution in [3.05, 3.63) is 83.9 Å². The molecule has 172 valence electrons. The lowest BCUT2D eigenvalue weighted by molar-refractivity contribution is -0.141. The third kappa shape index (κ3) is 5.12. The number of ether oxygens (including phenoxy) is 1. The highest BCUT2D eigenvalue weighted by Gasteiger charge is 2.21. The van der Waals surface area contributed by atoms with E-state index >= 15 is 0 Å². The maximum absolute atomic E-state index is 12.9. The highest BCUT2D eigenvalue weighted by Crippen LogP contribution is 2.31. The van der Waals surface area contributed by atoms with Gasteiger partial charge in [0.25, 0.3) is 5.91 Å². The summed E-state index contributed by atoms with van der Waals surface area (Å²) >= 11 is 0. The van der Waals surface area contributed by atoms with E-state index in [1.165, 1.54) is 6.07 Å². The summed E-state index contributed by atoms with van der Waals surface area (Å²) in [5, 5.41) is 16.3. The molecule has 0 aliphatic carbocycles. The summed E-state index contributed by atoms with van der Waals surface area (Å²) in [6.07, 6.45) is 0. The van der Waals surface area contributed by atoms with E-state index in [0.717, 1.165) is 11.1 Å². The molecular weight excluding hydrogens is 432 g/mol. The zero-order chi connectivity index (χ0) is 23.9. The number of aromatic nitrogens is 2. The number of benzene rings is 3. The van der Waals surface area contributed by atoms with Gasteiger partial charge in [-0.15, -0.1) is 0 Å². The SMILES string of the molecule is CCOC(=O)CNC(=O)c1c(O)ccc2nc(NCc3ccccc3)c(-c3ccccc3)nc12. The molecule has 0 aliphatic heterocycles. The van der Waals surface area contributed by atoms with E-state index in [0.29, 0.717) is 23.6 Å². The number of anilines is 1. The summed E-state index contributed by atoms with van der Waals surface area (Å²) < 4.78 is 4.85. The van der Waals surface area contributed by atoms with E-state index in [2.05, 4.69) is 10.6 Å². The maximum atomic E-state index is 12.9. The maximum Gasteiger partial charge on any atom is 0.325 e. The summed E-state index contributed by atoms with van der Waals surface area (Å²) in [6, 6.07) is 22.3. The van der Waals surface area contributed by atoms with Crippen LogP contribution in [-0.2, 0) is 16.1 Å². The molecule has 0 radical (unpaired) electrons. The van der Waals surface area contributed by atoms with E-state index < -0.39 is 11.9 Å². The Morgan fingerprint density at radius 3 is 2.35 bits per heavy atom. The average molecular weight is 457 g/mol. The Morgan fingerprint density at radius 1 is 0.941 bits per heavy atom. The fourth-order valence-electron chi connectivity index (χ4n) is 3.49. The van der Waals surface area contributed by atoms with Crippen LogP contribution in [0.2, 0.25) is 0 Å². The lowest BCUT2D eigenvalue weighted by atomic mass is 10.1. The fourth-order valence-corrected chi connectivity index (χ4v) is 3.49. The van der Waals surface area contributed by atoms with Crippen LogP contribution in [-0.4, -0.2) is 40.1 Å². The number of aromatic hydroxyl groups is 1. The number of rotatable bonds is 8. The summed E-state index contributed by atoms with van der Waals surface area (Å²) in [7, 11) is 0. The Kier molecular flexibility index (Phi) is 6.98. The van der Waals surface area contributed by atoms with Crippen molar-refractivity contribution in [2.45, 2.75) is 13.5 Å². The molecular formula is C26H24N4O4. The highest BCUT2D eigenvalue weighted by molar-refractivity contribution is 6.08. The molecule has 3 N–H and O–H groups in total. The van der Waals surface area contributed by atoms with Gasteiger partial charge in [-0.05, 0) is 24.6 Å². The molecule has 0 saturated carbocycles. The average Bonchev–Trinajstić information content (AvgIpc) is 2.87. The lowest BCUT2D eigenvalue weighted by Crippen LogP contribution is -2.31. The van der Waals surface area contributed by atoms with Crippen molar-refractivity contribution >= 4 is 28.7 Å². The van der Waals surface area contributed by atoms with Gasteiger partial charge in [0, 0.05) is 12.1 Å². The minimum Gasteiger partial charge on any atom is -0.507 e. The Bertz CT molecular complexity index is 1310. The molecule has 0 aliphatic rings. The number of fused-ring (bicyclic) bond motifs is 1. The van der Waals surface area contributed by atoms with Crippen molar-refractivity contribution < 1.29 is 19.4 Å². The third-order valence-corrected chi connectivity index (χ3v) is 5.09. The van der Waals surface area contributed by atoms with Crippen LogP contribution in [0.5, 0.6) is 5.75 Å². The number of amides is 1. The van der Waals surface area contributed by atoms with Crippen molar-refractivity contribution in [2.24, 2.45) is 0 Å². The smallest absolute Gasteiger partial charge is 0.325 e. The van der Waals surface area contributed by atoms with E-state index in [1.54, 1.807) is 13.0 Å². The van der Waals surface area contributed by atoms with Crippen molar-refractivity contribution in [3.8, 4) is 17.0 Å². The van der Waals surface area contributed by atoms with Crippen LogP contribution in [0, 0.1) is 0 Å². The standard InChI is InChI=1S/C26H24N4O4/c1-2-34-21(32)16-28-26(33)22-20(31)14-13-19-24(22)30-23(18-11-7-4-8-12-18)25(29-19)27-15-17-9-5-3-6-10-17/h3-14,31H,2,15-16H2,1H3,(H,27,29)(H,28,33). The van der Waals surface area contributed by atoms with Crippen LogP contribution in [0.15, 0.2) is 72.8 Å². The molecule has 1 aromatic heterocycles. The second-order valence-corrected chi connectivity index (χ2v) is 7.44. The minimum absolute atomic E-state index is 0.0545. The number of phenolic OH excluding ortho intramolecular Hbond substituents is 1. The van der Waals surface area contributed by atoms with Gasteiger partial charge < -0.3 is 20.5 Å². The van der Waals surface area contributed by atoms with Gasteiger partial charge in [-0.3, -0.25) is 9.59 Å². The summed E-state index contributed by atoms with van der Waals surface area (Å²) in [5.41, 5.74) is 3.01. The first kappa shape index (κ1) is 22.7. The molecule has 0 bridgehead atoms. The number of phenols is 1. The quantitative estimate of drug-likeness (QED) is 0.345. The van der Waals surface area contributed by atoms with E-state index in [9.17, 15) is 14.7 Å². The second-order valence-electron chi connectivity index (χ2n) is 7.44. The zero-order valence-electron chi connectivity index (χ0n) is 18.6. The third-order valence-electron chi connectivity index (χ3n) is 5.09. The first-order chi connectivity index (χ1) is 16.6. The Balaban J connectivity index is 1.76. The summed E-state index contributed by atoms with van der Waals surface area (Å²) in [4.78, 5) is 34.0. The van der Waals surface area contributed by atoms with Gasteiger partial charge in [0.1, 0.15) is 29.1 Å². The molecule has 4 aromatic rings. The van der Waals surface area contributed by atoms with Gasteiger partial charge in [-0.1, -0.05) is 60.7 Å². The van der Waals surface area contributed by atoms with Crippen molar-refractivity contribution in [3.63, 3.8) is 0 Å². The van der Waals surface area contributed by atoms with E-state index in [1.807, 2.05) is 60.7 Å². The van der Waals surface area contributed by atoms with Crippen LogP contribution >= 0.6 is 0 Å². The van der Waals surface area contributed by atoms with E-state index in [-0.39, 0.29) is 30.0 Å². The molecule has 0 atom stereocenters. The van der Waals surface area contributed by atoms with Crippen LogP contribution in [0.25, 0.3) is 22.3 Å². The van der Waals surface area contributed by atoms with E-state index in [4.69, 9.17) is 14.7 Å². The molecule has 4 rings (SSSR count). The van der Waals surface area contributed by atoms with Gasteiger partial charge in [0.05, 0.1) is 12.1 Å². The molecule has 0 saturated heterocycles. The zero-order valence-corrected chi connectivity index (χ0v) is 18.6. The molecule has 1 amide bonds. The number of esters is 1.